The lowest BCUT2D eigenvalue weighted by Crippen LogP contribution is -2.37. The van der Waals surface area contributed by atoms with E-state index in [0.717, 1.165) is 16.9 Å². The Balaban J connectivity index is 1.43. The number of ether oxygens (including phenoxy) is 2. The predicted octanol–water partition coefficient (Wildman–Crippen LogP) is 2.71. The van der Waals surface area contributed by atoms with Crippen molar-refractivity contribution in [3.8, 4) is 11.5 Å². The molecule has 158 valence electrons. The monoisotopic (exact) mass is 409 g/mol. The summed E-state index contributed by atoms with van der Waals surface area (Å²) in [5, 5.41) is 3.16. The van der Waals surface area contributed by atoms with E-state index in [1.165, 1.54) is 0 Å². The van der Waals surface area contributed by atoms with Gasteiger partial charge in [0, 0.05) is 31.9 Å². The molecule has 0 unspecified atom stereocenters. The van der Waals surface area contributed by atoms with E-state index in [2.05, 4.69) is 24.1 Å². The summed E-state index contributed by atoms with van der Waals surface area (Å²) in [5.41, 5.74) is 1.98. The van der Waals surface area contributed by atoms with Crippen LogP contribution in [0.15, 0.2) is 42.7 Å². The van der Waals surface area contributed by atoms with Crippen LogP contribution in [0.4, 0.5) is 0 Å². The Morgan fingerprint density at radius 1 is 1.17 bits per heavy atom. The molecule has 7 heteroatoms. The van der Waals surface area contributed by atoms with Crippen molar-refractivity contribution in [1.29, 1.82) is 0 Å². The summed E-state index contributed by atoms with van der Waals surface area (Å²) in [7, 11) is 0. The first-order valence-electron chi connectivity index (χ1n) is 10.4. The third-order valence-corrected chi connectivity index (χ3v) is 5.60. The van der Waals surface area contributed by atoms with Crippen LogP contribution in [-0.4, -0.2) is 41.5 Å². The Kier molecular flexibility index (Phi) is 5.88. The van der Waals surface area contributed by atoms with Crippen LogP contribution in [-0.2, 0) is 16.1 Å². The van der Waals surface area contributed by atoms with E-state index >= 15 is 0 Å². The van der Waals surface area contributed by atoms with E-state index in [1.807, 2.05) is 30.3 Å². The number of hydrogen-bond acceptors (Lipinski definition) is 5. The lowest BCUT2D eigenvalue weighted by Gasteiger charge is -2.26. The Bertz CT molecular complexity index is 916. The quantitative estimate of drug-likeness (QED) is 0.794. The molecule has 7 nitrogen and oxygen atoms in total. The summed E-state index contributed by atoms with van der Waals surface area (Å²) in [5.74, 6) is 1.19. The molecule has 0 aliphatic carbocycles. The number of benzene rings is 1. The molecule has 30 heavy (non-hydrogen) atoms. The van der Waals surface area contributed by atoms with Gasteiger partial charge in [0.25, 0.3) is 0 Å². The second-order valence-electron chi connectivity index (χ2n) is 8.16. The number of likely N-dealkylation sites (tertiary alicyclic amines) is 1. The van der Waals surface area contributed by atoms with Gasteiger partial charge in [0.05, 0.1) is 12.0 Å². The molecule has 2 aromatic rings. The van der Waals surface area contributed by atoms with Crippen LogP contribution in [0, 0.1) is 11.8 Å². The van der Waals surface area contributed by atoms with Crippen LogP contribution < -0.4 is 14.8 Å². The molecule has 4 rings (SSSR count). The molecule has 2 amide bonds. The van der Waals surface area contributed by atoms with Gasteiger partial charge in [0.2, 0.25) is 11.8 Å². The van der Waals surface area contributed by atoms with Crippen molar-refractivity contribution in [2.45, 2.75) is 32.9 Å². The van der Waals surface area contributed by atoms with Crippen LogP contribution >= 0.6 is 0 Å². The minimum Gasteiger partial charge on any atom is -0.486 e. The van der Waals surface area contributed by atoms with Crippen LogP contribution in [0.2, 0.25) is 0 Å². The van der Waals surface area contributed by atoms with Gasteiger partial charge in [-0.05, 0) is 41.3 Å². The third-order valence-electron chi connectivity index (χ3n) is 5.60. The molecule has 0 bridgehead atoms. The highest BCUT2D eigenvalue weighted by Gasteiger charge is 2.35. The van der Waals surface area contributed by atoms with Crippen molar-refractivity contribution in [3.63, 3.8) is 0 Å². The summed E-state index contributed by atoms with van der Waals surface area (Å²) >= 11 is 0. The Labute approximate surface area is 176 Å². The van der Waals surface area contributed by atoms with Gasteiger partial charge in [0.15, 0.2) is 11.5 Å². The number of nitrogens with one attached hydrogen (secondary N) is 1. The number of carbonyl (C=O) groups excluding carboxylic acids is 2. The SMILES string of the molecule is CC(C)[C@@H](NC(=O)[C@@H]1CC(=O)N(Cc2ccncc2)C1)c1ccc2c(c1)OCCO2. The zero-order valence-corrected chi connectivity index (χ0v) is 17.3. The molecule has 0 spiro atoms. The maximum absolute atomic E-state index is 13.0. The average molecular weight is 409 g/mol. The standard InChI is InChI=1S/C23H27N3O4/c1-15(2)22(17-3-4-19-20(11-17)30-10-9-29-19)25-23(28)18-12-21(27)26(14-18)13-16-5-7-24-8-6-16/h3-8,11,15,18,22H,9-10,12-14H2,1-2H3,(H,25,28)/t18-,22-/m1/s1. The van der Waals surface area contributed by atoms with Crippen LogP contribution in [0.25, 0.3) is 0 Å². The fourth-order valence-electron chi connectivity index (χ4n) is 3.97. The van der Waals surface area contributed by atoms with E-state index in [9.17, 15) is 9.59 Å². The minimum atomic E-state index is -0.349. The highest BCUT2D eigenvalue weighted by molar-refractivity contribution is 5.89. The van der Waals surface area contributed by atoms with E-state index in [0.29, 0.717) is 32.1 Å². The molecule has 0 radical (unpaired) electrons. The zero-order chi connectivity index (χ0) is 21.1. The molecule has 0 saturated carbocycles. The van der Waals surface area contributed by atoms with Gasteiger partial charge >= 0.3 is 0 Å². The van der Waals surface area contributed by atoms with Crippen LogP contribution in [0.3, 0.4) is 0 Å². The van der Waals surface area contributed by atoms with Crippen molar-refractivity contribution >= 4 is 11.8 Å². The van der Waals surface area contributed by atoms with Gasteiger partial charge in [-0.3, -0.25) is 14.6 Å². The zero-order valence-electron chi connectivity index (χ0n) is 17.3. The molecular formula is C23H27N3O4. The number of fused-ring (bicyclic) bond motifs is 1. The normalized spacial score (nSPS) is 19.1. The van der Waals surface area contributed by atoms with Crippen molar-refractivity contribution in [2.24, 2.45) is 11.8 Å². The molecule has 1 aromatic carbocycles. The number of carbonyl (C=O) groups is 2. The summed E-state index contributed by atoms with van der Waals surface area (Å²) < 4.78 is 11.3. The number of nitrogens with zero attached hydrogens (tertiary/aromatic N) is 2. The van der Waals surface area contributed by atoms with E-state index in [-0.39, 0.29) is 36.1 Å². The largest absolute Gasteiger partial charge is 0.486 e. The van der Waals surface area contributed by atoms with E-state index in [1.54, 1.807) is 17.3 Å². The number of rotatable bonds is 6. The third kappa shape index (κ3) is 4.40. The lowest BCUT2D eigenvalue weighted by atomic mass is 9.94. The Morgan fingerprint density at radius 3 is 2.63 bits per heavy atom. The maximum atomic E-state index is 13.0. The molecule has 2 aliphatic rings. The second-order valence-corrected chi connectivity index (χ2v) is 8.16. The number of hydrogen-bond donors (Lipinski definition) is 1. The van der Waals surface area contributed by atoms with Crippen LogP contribution in [0.1, 0.15) is 37.4 Å². The van der Waals surface area contributed by atoms with E-state index in [4.69, 9.17) is 9.47 Å². The number of pyridine rings is 1. The smallest absolute Gasteiger partial charge is 0.225 e. The molecule has 1 N–H and O–H groups in total. The first-order valence-corrected chi connectivity index (χ1v) is 10.4. The summed E-state index contributed by atoms with van der Waals surface area (Å²) in [6.07, 6.45) is 3.66. The molecule has 3 heterocycles. The fourth-order valence-corrected chi connectivity index (χ4v) is 3.97. The van der Waals surface area contributed by atoms with Gasteiger partial charge in [-0.15, -0.1) is 0 Å². The maximum Gasteiger partial charge on any atom is 0.225 e. The van der Waals surface area contributed by atoms with Gasteiger partial charge in [-0.25, -0.2) is 0 Å². The average Bonchev–Trinajstić information content (AvgIpc) is 3.12. The van der Waals surface area contributed by atoms with Crippen LogP contribution in [0.5, 0.6) is 11.5 Å². The van der Waals surface area contributed by atoms with Gasteiger partial charge in [-0.2, -0.15) is 0 Å². The van der Waals surface area contributed by atoms with Crippen molar-refractivity contribution in [2.75, 3.05) is 19.8 Å². The predicted molar refractivity (Wildman–Crippen MR) is 111 cm³/mol. The fraction of sp³-hybridized carbons (Fsp3) is 0.435. The number of aromatic nitrogens is 1. The molecule has 2 atom stereocenters. The summed E-state index contributed by atoms with van der Waals surface area (Å²) in [4.78, 5) is 31.2. The highest BCUT2D eigenvalue weighted by Crippen LogP contribution is 2.34. The first kappa shape index (κ1) is 20.2. The molecule has 1 saturated heterocycles. The number of amides is 2. The van der Waals surface area contributed by atoms with Crippen molar-refractivity contribution < 1.29 is 19.1 Å². The minimum absolute atomic E-state index is 0.00684. The Hall–Kier alpha value is -3.09. The molecule has 2 aliphatic heterocycles. The van der Waals surface area contributed by atoms with Gasteiger partial charge in [0.1, 0.15) is 13.2 Å². The highest BCUT2D eigenvalue weighted by atomic mass is 16.6. The lowest BCUT2D eigenvalue weighted by molar-refractivity contribution is -0.129. The van der Waals surface area contributed by atoms with Crippen molar-refractivity contribution in [1.82, 2.24) is 15.2 Å². The summed E-state index contributed by atoms with van der Waals surface area (Å²) in [6.45, 7) is 6.13. The van der Waals surface area contributed by atoms with Gasteiger partial charge < -0.3 is 19.7 Å². The topological polar surface area (TPSA) is 80.8 Å². The van der Waals surface area contributed by atoms with Crippen molar-refractivity contribution in [3.05, 3.63) is 53.9 Å². The first-order chi connectivity index (χ1) is 14.5. The summed E-state index contributed by atoms with van der Waals surface area (Å²) in [6, 6.07) is 9.40. The molecule has 1 fully saturated rings. The van der Waals surface area contributed by atoms with E-state index < -0.39 is 0 Å². The van der Waals surface area contributed by atoms with Gasteiger partial charge in [-0.1, -0.05) is 19.9 Å². The molecular weight excluding hydrogens is 382 g/mol. The molecule has 1 aromatic heterocycles. The Morgan fingerprint density at radius 2 is 1.90 bits per heavy atom. The second kappa shape index (κ2) is 8.73.